The van der Waals surface area contributed by atoms with Crippen LogP contribution in [0.1, 0.15) is 47.0 Å². The lowest BCUT2D eigenvalue weighted by Crippen LogP contribution is -2.48. The summed E-state index contributed by atoms with van der Waals surface area (Å²) >= 11 is 0. The van der Waals surface area contributed by atoms with Crippen LogP contribution in [0, 0.1) is 5.41 Å². The minimum atomic E-state index is -0.453. The number of rotatable bonds is 5. The van der Waals surface area contributed by atoms with Gasteiger partial charge in [-0.2, -0.15) is 0 Å². The van der Waals surface area contributed by atoms with E-state index >= 15 is 0 Å². The van der Waals surface area contributed by atoms with Crippen LogP contribution in [0.4, 0.5) is 0 Å². The van der Waals surface area contributed by atoms with Crippen LogP contribution in [0.5, 0.6) is 0 Å². The van der Waals surface area contributed by atoms with Crippen molar-refractivity contribution in [1.82, 2.24) is 0 Å². The fourth-order valence-electron chi connectivity index (χ4n) is 2.36. The van der Waals surface area contributed by atoms with E-state index in [1.54, 1.807) is 6.92 Å². The SMILES string of the molecule is CCC1(C=C(C)C(=O)OC)COC(CC)(CC)OC1. The Kier molecular flexibility index (Phi) is 5.56. The molecule has 0 saturated carbocycles. The zero-order chi connectivity index (χ0) is 14.5. The highest BCUT2D eigenvalue weighted by atomic mass is 16.7. The van der Waals surface area contributed by atoms with Gasteiger partial charge in [0.25, 0.3) is 0 Å². The molecule has 4 nitrogen and oxygen atoms in total. The number of hydrogen-bond donors (Lipinski definition) is 0. The minimum absolute atomic E-state index is 0.230. The van der Waals surface area contributed by atoms with Crippen LogP contribution >= 0.6 is 0 Å². The normalized spacial score (nSPS) is 22.1. The van der Waals surface area contributed by atoms with Gasteiger partial charge in [-0.05, 0) is 26.2 Å². The van der Waals surface area contributed by atoms with E-state index in [0.29, 0.717) is 18.8 Å². The number of carbonyl (C=O) groups excluding carboxylic acids is 1. The first-order valence-electron chi connectivity index (χ1n) is 7.02. The van der Waals surface area contributed by atoms with Gasteiger partial charge in [-0.15, -0.1) is 0 Å². The molecule has 0 N–H and O–H groups in total. The van der Waals surface area contributed by atoms with Crippen LogP contribution in [-0.4, -0.2) is 32.1 Å². The highest BCUT2D eigenvalue weighted by Crippen LogP contribution is 2.37. The molecule has 110 valence electrons. The molecule has 0 aromatic carbocycles. The Hall–Kier alpha value is -0.870. The largest absolute Gasteiger partial charge is 0.466 e. The molecule has 0 radical (unpaired) electrons. The van der Waals surface area contributed by atoms with E-state index in [9.17, 15) is 4.79 Å². The van der Waals surface area contributed by atoms with Gasteiger partial charge in [0.2, 0.25) is 0 Å². The molecule has 0 bridgehead atoms. The highest BCUT2D eigenvalue weighted by Gasteiger charge is 2.41. The molecule has 0 aromatic heterocycles. The van der Waals surface area contributed by atoms with Crippen molar-refractivity contribution in [1.29, 1.82) is 0 Å². The molecule has 1 aliphatic heterocycles. The van der Waals surface area contributed by atoms with Crippen molar-refractivity contribution in [3.8, 4) is 0 Å². The molecule has 0 amide bonds. The van der Waals surface area contributed by atoms with E-state index in [1.807, 2.05) is 6.08 Å². The smallest absolute Gasteiger partial charge is 0.333 e. The molecule has 1 saturated heterocycles. The van der Waals surface area contributed by atoms with E-state index in [2.05, 4.69) is 20.8 Å². The third-order valence-corrected chi connectivity index (χ3v) is 4.06. The second-order valence-electron chi connectivity index (χ2n) is 5.23. The van der Waals surface area contributed by atoms with Crippen molar-refractivity contribution in [2.45, 2.75) is 52.7 Å². The summed E-state index contributed by atoms with van der Waals surface area (Å²) in [6, 6.07) is 0. The van der Waals surface area contributed by atoms with Crippen LogP contribution in [0.3, 0.4) is 0 Å². The summed E-state index contributed by atoms with van der Waals surface area (Å²) in [6.07, 6.45) is 4.48. The number of hydrogen-bond acceptors (Lipinski definition) is 4. The maximum absolute atomic E-state index is 11.5. The molecule has 1 rings (SSSR count). The van der Waals surface area contributed by atoms with Gasteiger partial charge in [0.15, 0.2) is 5.79 Å². The molecule has 0 unspecified atom stereocenters. The Labute approximate surface area is 116 Å². The minimum Gasteiger partial charge on any atom is -0.466 e. The maximum atomic E-state index is 11.5. The summed E-state index contributed by atoms with van der Waals surface area (Å²) < 4.78 is 16.7. The summed E-state index contributed by atoms with van der Waals surface area (Å²) in [7, 11) is 1.39. The van der Waals surface area contributed by atoms with E-state index in [-0.39, 0.29) is 11.4 Å². The lowest BCUT2D eigenvalue weighted by atomic mass is 9.83. The Morgan fingerprint density at radius 2 is 1.68 bits per heavy atom. The van der Waals surface area contributed by atoms with Crippen molar-refractivity contribution < 1.29 is 19.0 Å². The number of methoxy groups -OCH3 is 1. The van der Waals surface area contributed by atoms with Gasteiger partial charge in [0, 0.05) is 11.0 Å². The average molecular weight is 270 g/mol. The standard InChI is InChI=1S/C15H26O4/c1-6-14(9-12(4)13(16)17-5)10-18-15(7-2,8-3)19-11-14/h9H,6-8,10-11H2,1-5H3. The van der Waals surface area contributed by atoms with E-state index in [4.69, 9.17) is 14.2 Å². The maximum Gasteiger partial charge on any atom is 0.333 e. The van der Waals surface area contributed by atoms with Crippen LogP contribution in [0.15, 0.2) is 11.6 Å². The molecule has 0 aromatic rings. The number of esters is 1. The third-order valence-electron chi connectivity index (χ3n) is 4.06. The van der Waals surface area contributed by atoms with Crippen molar-refractivity contribution >= 4 is 5.97 Å². The Morgan fingerprint density at radius 1 is 1.16 bits per heavy atom. The summed E-state index contributed by atoms with van der Waals surface area (Å²) in [5, 5.41) is 0. The Bertz CT molecular complexity index is 332. The average Bonchev–Trinajstić information content (AvgIpc) is 2.47. The summed E-state index contributed by atoms with van der Waals surface area (Å²) in [5.74, 6) is -0.748. The van der Waals surface area contributed by atoms with Crippen molar-refractivity contribution in [3.05, 3.63) is 11.6 Å². The second kappa shape index (κ2) is 6.53. The molecule has 19 heavy (non-hydrogen) atoms. The zero-order valence-corrected chi connectivity index (χ0v) is 12.7. The van der Waals surface area contributed by atoms with E-state index in [1.165, 1.54) is 7.11 Å². The van der Waals surface area contributed by atoms with Gasteiger partial charge < -0.3 is 14.2 Å². The summed E-state index contributed by atoms with van der Waals surface area (Å²) in [6.45, 7) is 9.15. The van der Waals surface area contributed by atoms with Gasteiger partial charge in [-0.1, -0.05) is 26.8 Å². The van der Waals surface area contributed by atoms with Gasteiger partial charge in [0.1, 0.15) is 0 Å². The third kappa shape index (κ3) is 3.57. The van der Waals surface area contributed by atoms with Gasteiger partial charge in [-0.3, -0.25) is 0 Å². The zero-order valence-electron chi connectivity index (χ0n) is 12.7. The van der Waals surface area contributed by atoms with Crippen LogP contribution in [0.2, 0.25) is 0 Å². The van der Waals surface area contributed by atoms with Crippen LogP contribution < -0.4 is 0 Å². The molecule has 1 heterocycles. The molecule has 0 spiro atoms. The Morgan fingerprint density at radius 3 is 2.05 bits per heavy atom. The molecule has 1 fully saturated rings. The van der Waals surface area contributed by atoms with E-state index in [0.717, 1.165) is 19.3 Å². The van der Waals surface area contributed by atoms with Crippen molar-refractivity contribution in [2.24, 2.45) is 5.41 Å². The first-order valence-corrected chi connectivity index (χ1v) is 7.02. The number of carbonyl (C=O) groups is 1. The molecule has 0 atom stereocenters. The summed E-state index contributed by atoms with van der Waals surface area (Å²) in [4.78, 5) is 11.5. The lowest BCUT2D eigenvalue weighted by molar-refractivity contribution is -0.299. The highest BCUT2D eigenvalue weighted by molar-refractivity contribution is 5.87. The predicted octanol–water partition coefficient (Wildman–Crippen LogP) is 3.07. The summed E-state index contributed by atoms with van der Waals surface area (Å²) in [5.41, 5.74) is 0.378. The van der Waals surface area contributed by atoms with E-state index < -0.39 is 5.79 Å². The lowest BCUT2D eigenvalue weighted by Gasteiger charge is -2.44. The fraction of sp³-hybridized carbons (Fsp3) is 0.800. The van der Waals surface area contributed by atoms with Crippen LogP contribution in [0.25, 0.3) is 0 Å². The molecule has 4 heteroatoms. The quantitative estimate of drug-likeness (QED) is 0.569. The monoisotopic (exact) mass is 270 g/mol. The van der Waals surface area contributed by atoms with Crippen molar-refractivity contribution in [3.63, 3.8) is 0 Å². The predicted molar refractivity (Wildman–Crippen MR) is 73.7 cm³/mol. The van der Waals surface area contributed by atoms with Gasteiger partial charge in [-0.25, -0.2) is 4.79 Å². The number of ether oxygens (including phenoxy) is 3. The first-order chi connectivity index (χ1) is 8.96. The topological polar surface area (TPSA) is 44.8 Å². The van der Waals surface area contributed by atoms with Crippen molar-refractivity contribution in [2.75, 3.05) is 20.3 Å². The molecule has 0 aliphatic carbocycles. The molecule has 1 aliphatic rings. The van der Waals surface area contributed by atoms with Gasteiger partial charge in [0.05, 0.1) is 20.3 Å². The van der Waals surface area contributed by atoms with Crippen LogP contribution in [-0.2, 0) is 19.0 Å². The van der Waals surface area contributed by atoms with Gasteiger partial charge >= 0.3 is 5.97 Å². The first kappa shape index (κ1) is 16.2. The second-order valence-corrected chi connectivity index (χ2v) is 5.23. The molecular formula is C15H26O4. The fourth-order valence-corrected chi connectivity index (χ4v) is 2.36. The molecular weight excluding hydrogens is 244 g/mol. The Balaban J connectivity index is 2.84.